The van der Waals surface area contributed by atoms with Crippen molar-refractivity contribution in [2.24, 2.45) is 0 Å². The van der Waals surface area contributed by atoms with Gasteiger partial charge in [0.25, 0.3) is 0 Å². The zero-order valence-electron chi connectivity index (χ0n) is 14.3. The predicted molar refractivity (Wildman–Crippen MR) is 89.7 cm³/mol. The molecule has 7 nitrogen and oxygen atoms in total. The first kappa shape index (κ1) is 16.2. The van der Waals surface area contributed by atoms with Crippen LogP contribution in [-0.4, -0.2) is 46.1 Å². The third kappa shape index (κ3) is 3.46. The highest BCUT2D eigenvalue weighted by atomic mass is 16.5. The highest BCUT2D eigenvalue weighted by molar-refractivity contribution is 5.56. The minimum atomic E-state index is 0.0854. The maximum Gasteiger partial charge on any atom is 0.212 e. The molecular weight excluding hydrogens is 306 g/mol. The summed E-state index contributed by atoms with van der Waals surface area (Å²) in [5.41, 5.74) is 1.68. The molecule has 0 saturated carbocycles. The predicted octanol–water partition coefficient (Wildman–Crippen LogP) is 2.55. The van der Waals surface area contributed by atoms with Crippen LogP contribution in [0, 0.1) is 6.92 Å². The van der Waals surface area contributed by atoms with Crippen LogP contribution in [0.1, 0.15) is 17.6 Å². The monoisotopic (exact) mass is 327 g/mol. The van der Waals surface area contributed by atoms with Gasteiger partial charge in [-0.25, -0.2) is 9.67 Å². The van der Waals surface area contributed by atoms with Gasteiger partial charge in [0.1, 0.15) is 17.2 Å². The maximum absolute atomic E-state index is 5.77. The molecule has 3 rings (SSSR count). The summed E-state index contributed by atoms with van der Waals surface area (Å²) in [6, 6.07) is 7.79. The highest BCUT2D eigenvalue weighted by Crippen LogP contribution is 2.23. The molecule has 3 aromatic rings. The van der Waals surface area contributed by atoms with Gasteiger partial charge in [0.05, 0.1) is 25.9 Å². The normalized spacial score (nSPS) is 12.5. The Morgan fingerprint density at radius 1 is 1.25 bits per heavy atom. The van der Waals surface area contributed by atoms with E-state index in [1.54, 1.807) is 13.3 Å². The summed E-state index contributed by atoms with van der Waals surface area (Å²) in [5, 5.41) is 8.47. The smallest absolute Gasteiger partial charge is 0.212 e. The van der Waals surface area contributed by atoms with Gasteiger partial charge in [-0.05, 0) is 39.2 Å². The molecule has 0 aliphatic carbocycles. The molecule has 1 unspecified atom stereocenters. The van der Waals surface area contributed by atoms with Gasteiger partial charge in [0.15, 0.2) is 0 Å². The second kappa shape index (κ2) is 6.84. The topological polar surface area (TPSA) is 69.2 Å². The third-order valence-corrected chi connectivity index (χ3v) is 3.85. The Bertz CT molecular complexity index is 791. The Labute approximate surface area is 140 Å². The third-order valence-electron chi connectivity index (χ3n) is 3.85. The fourth-order valence-corrected chi connectivity index (χ4v) is 2.49. The Morgan fingerprint density at radius 2 is 2.08 bits per heavy atom. The van der Waals surface area contributed by atoms with Crippen LogP contribution in [0.3, 0.4) is 0 Å². The van der Waals surface area contributed by atoms with Gasteiger partial charge in [0.2, 0.25) is 5.88 Å². The number of furan rings is 1. The van der Waals surface area contributed by atoms with E-state index in [1.165, 1.54) is 0 Å². The molecule has 3 aromatic heterocycles. The van der Waals surface area contributed by atoms with Gasteiger partial charge in [-0.1, -0.05) is 5.21 Å². The van der Waals surface area contributed by atoms with Crippen molar-refractivity contribution in [3.05, 3.63) is 48.2 Å². The summed E-state index contributed by atoms with van der Waals surface area (Å²) in [4.78, 5) is 6.31. The molecule has 0 fully saturated rings. The molecule has 0 spiro atoms. The first-order valence-corrected chi connectivity index (χ1v) is 7.70. The average Bonchev–Trinajstić information content (AvgIpc) is 3.21. The number of hydrogen-bond donors (Lipinski definition) is 0. The van der Waals surface area contributed by atoms with Crippen LogP contribution < -0.4 is 4.74 Å². The molecule has 0 saturated heterocycles. The van der Waals surface area contributed by atoms with E-state index in [0.29, 0.717) is 12.4 Å². The molecule has 126 valence electrons. The summed E-state index contributed by atoms with van der Waals surface area (Å²) in [5.74, 6) is 2.40. The Morgan fingerprint density at radius 3 is 2.67 bits per heavy atom. The molecule has 0 aliphatic heterocycles. The second-order valence-corrected chi connectivity index (χ2v) is 5.84. The lowest BCUT2D eigenvalue weighted by Gasteiger charge is -2.21. The Balaban J connectivity index is 1.78. The summed E-state index contributed by atoms with van der Waals surface area (Å²) in [7, 11) is 5.64. The SMILES string of the molecule is COc1ccc(-c2cn(CC(c3ccc(C)o3)N(C)C)nn2)cn1. The molecule has 0 radical (unpaired) electrons. The maximum atomic E-state index is 5.77. The summed E-state index contributed by atoms with van der Waals surface area (Å²) < 4.78 is 12.7. The quantitative estimate of drug-likeness (QED) is 0.693. The minimum Gasteiger partial charge on any atom is -0.481 e. The molecule has 24 heavy (non-hydrogen) atoms. The number of rotatable bonds is 6. The lowest BCUT2D eigenvalue weighted by Crippen LogP contribution is -2.24. The van der Waals surface area contributed by atoms with Crippen molar-refractivity contribution in [1.82, 2.24) is 24.9 Å². The largest absolute Gasteiger partial charge is 0.481 e. The zero-order chi connectivity index (χ0) is 17.1. The number of aryl methyl sites for hydroxylation is 1. The molecular formula is C17H21N5O2. The van der Waals surface area contributed by atoms with Crippen LogP contribution >= 0.6 is 0 Å². The van der Waals surface area contributed by atoms with Gasteiger partial charge in [-0.2, -0.15) is 0 Å². The van der Waals surface area contributed by atoms with Gasteiger partial charge in [-0.3, -0.25) is 4.90 Å². The summed E-state index contributed by atoms with van der Waals surface area (Å²) in [6.45, 7) is 2.59. The standard InChI is InChI=1S/C17H21N5O2/c1-12-5-7-16(24-12)15(21(2)3)11-22-10-14(19-20-22)13-6-8-17(23-4)18-9-13/h5-10,15H,11H2,1-4H3. The lowest BCUT2D eigenvalue weighted by molar-refractivity contribution is 0.223. The molecule has 7 heteroatoms. The first-order chi connectivity index (χ1) is 11.6. The van der Waals surface area contributed by atoms with Crippen LogP contribution in [0.5, 0.6) is 5.88 Å². The molecule has 3 heterocycles. The van der Waals surface area contributed by atoms with Gasteiger partial charge in [0, 0.05) is 17.8 Å². The van der Waals surface area contributed by atoms with Crippen molar-refractivity contribution in [2.75, 3.05) is 21.2 Å². The van der Waals surface area contributed by atoms with E-state index in [1.807, 2.05) is 56.2 Å². The van der Waals surface area contributed by atoms with Crippen molar-refractivity contribution < 1.29 is 9.15 Å². The Hall–Kier alpha value is -2.67. The molecule has 0 aromatic carbocycles. The van der Waals surface area contributed by atoms with Gasteiger partial charge < -0.3 is 9.15 Å². The number of aromatic nitrogens is 4. The molecule has 0 aliphatic rings. The van der Waals surface area contributed by atoms with E-state index < -0.39 is 0 Å². The number of likely N-dealkylation sites (N-methyl/N-ethyl adjacent to an activating group) is 1. The van der Waals surface area contributed by atoms with E-state index in [-0.39, 0.29) is 6.04 Å². The average molecular weight is 327 g/mol. The fourth-order valence-electron chi connectivity index (χ4n) is 2.49. The molecule has 1 atom stereocenters. The molecule has 0 N–H and O–H groups in total. The summed E-state index contributed by atoms with van der Waals surface area (Å²) in [6.07, 6.45) is 3.64. The van der Waals surface area contributed by atoms with Crippen molar-refractivity contribution in [3.63, 3.8) is 0 Å². The van der Waals surface area contributed by atoms with E-state index in [4.69, 9.17) is 9.15 Å². The van der Waals surface area contributed by atoms with E-state index in [0.717, 1.165) is 22.8 Å². The fraction of sp³-hybridized carbons (Fsp3) is 0.353. The number of ether oxygens (including phenoxy) is 1. The van der Waals surface area contributed by atoms with Crippen LogP contribution in [-0.2, 0) is 6.54 Å². The van der Waals surface area contributed by atoms with E-state index >= 15 is 0 Å². The van der Waals surface area contributed by atoms with Crippen LogP contribution in [0.2, 0.25) is 0 Å². The number of methoxy groups -OCH3 is 1. The van der Waals surface area contributed by atoms with Gasteiger partial charge in [-0.15, -0.1) is 5.10 Å². The summed E-state index contributed by atoms with van der Waals surface area (Å²) >= 11 is 0. The van der Waals surface area contributed by atoms with Crippen molar-refractivity contribution in [3.8, 4) is 17.1 Å². The lowest BCUT2D eigenvalue weighted by atomic mass is 10.2. The number of nitrogens with zero attached hydrogens (tertiary/aromatic N) is 5. The molecule has 0 bridgehead atoms. The number of hydrogen-bond acceptors (Lipinski definition) is 6. The second-order valence-electron chi connectivity index (χ2n) is 5.84. The van der Waals surface area contributed by atoms with Crippen LogP contribution in [0.25, 0.3) is 11.3 Å². The zero-order valence-corrected chi connectivity index (χ0v) is 14.3. The molecule has 0 amide bonds. The van der Waals surface area contributed by atoms with Crippen molar-refractivity contribution >= 4 is 0 Å². The van der Waals surface area contributed by atoms with Crippen LogP contribution in [0.4, 0.5) is 0 Å². The first-order valence-electron chi connectivity index (χ1n) is 7.70. The van der Waals surface area contributed by atoms with Crippen LogP contribution in [0.15, 0.2) is 41.1 Å². The van der Waals surface area contributed by atoms with E-state index in [2.05, 4.69) is 20.2 Å². The highest BCUT2D eigenvalue weighted by Gasteiger charge is 2.19. The van der Waals surface area contributed by atoms with Crippen molar-refractivity contribution in [1.29, 1.82) is 0 Å². The Kier molecular flexibility index (Phi) is 4.61. The number of pyridine rings is 1. The van der Waals surface area contributed by atoms with E-state index in [9.17, 15) is 0 Å². The van der Waals surface area contributed by atoms with Gasteiger partial charge >= 0.3 is 0 Å². The van der Waals surface area contributed by atoms with Crippen molar-refractivity contribution in [2.45, 2.75) is 19.5 Å². The minimum absolute atomic E-state index is 0.0854.